The number of nitrogens with zero attached hydrogens (tertiary/aromatic N) is 3. The van der Waals surface area contributed by atoms with Gasteiger partial charge in [0.1, 0.15) is 5.82 Å². The van der Waals surface area contributed by atoms with E-state index in [-0.39, 0.29) is 0 Å². The van der Waals surface area contributed by atoms with Crippen LogP contribution in [0.15, 0.2) is 22.9 Å². The first-order valence-electron chi connectivity index (χ1n) is 4.83. The predicted molar refractivity (Wildman–Crippen MR) is 57.5 cm³/mol. The van der Waals surface area contributed by atoms with Gasteiger partial charge in [-0.25, -0.2) is 4.98 Å². The average molecular weight is 220 g/mol. The number of anilines is 1. The molecule has 0 amide bonds. The highest BCUT2D eigenvalue weighted by atomic mass is 16.5. The van der Waals surface area contributed by atoms with Gasteiger partial charge in [-0.2, -0.15) is 4.98 Å². The molecule has 0 aliphatic carbocycles. The second-order valence-corrected chi connectivity index (χ2v) is 3.19. The molecule has 2 heterocycles. The van der Waals surface area contributed by atoms with E-state index in [1.165, 1.54) is 0 Å². The van der Waals surface area contributed by atoms with Gasteiger partial charge in [0.15, 0.2) is 0 Å². The molecule has 2 rings (SSSR count). The van der Waals surface area contributed by atoms with E-state index in [1.807, 2.05) is 0 Å². The summed E-state index contributed by atoms with van der Waals surface area (Å²) in [6.45, 7) is 0.546. The second kappa shape index (κ2) is 4.71. The highest BCUT2D eigenvalue weighted by molar-refractivity contribution is 5.67. The van der Waals surface area contributed by atoms with Crippen LogP contribution in [0.4, 0.5) is 5.82 Å². The fourth-order valence-electron chi connectivity index (χ4n) is 1.26. The molecule has 0 radical (unpaired) electrons. The molecule has 0 saturated carbocycles. The lowest BCUT2D eigenvalue weighted by Crippen LogP contribution is -1.96. The van der Waals surface area contributed by atoms with Crippen LogP contribution in [-0.4, -0.2) is 28.8 Å². The zero-order valence-corrected chi connectivity index (χ0v) is 8.88. The molecule has 0 bridgehead atoms. The maximum Gasteiger partial charge on any atom is 0.229 e. The van der Waals surface area contributed by atoms with Crippen molar-refractivity contribution in [3.8, 4) is 11.4 Å². The van der Waals surface area contributed by atoms with Crippen LogP contribution in [0.1, 0.15) is 5.89 Å². The van der Waals surface area contributed by atoms with Crippen LogP contribution in [-0.2, 0) is 11.2 Å². The third-order valence-corrected chi connectivity index (χ3v) is 2.07. The van der Waals surface area contributed by atoms with Crippen LogP contribution in [0.25, 0.3) is 11.4 Å². The van der Waals surface area contributed by atoms with Gasteiger partial charge < -0.3 is 15.0 Å². The van der Waals surface area contributed by atoms with Crippen molar-refractivity contribution in [3.63, 3.8) is 0 Å². The number of ether oxygens (including phenoxy) is 1. The standard InChI is InChI=1S/C10H12N4O2/c1-15-6-4-8-13-10(14-16-8)7-3-2-5-12-9(7)11/h2-3,5H,4,6H2,1H3,(H2,11,12). The molecular weight excluding hydrogens is 208 g/mol. The molecule has 0 atom stereocenters. The maximum absolute atomic E-state index is 5.70. The van der Waals surface area contributed by atoms with E-state index in [0.717, 1.165) is 0 Å². The van der Waals surface area contributed by atoms with E-state index in [4.69, 9.17) is 15.0 Å². The smallest absolute Gasteiger partial charge is 0.229 e. The van der Waals surface area contributed by atoms with Crippen LogP contribution < -0.4 is 5.73 Å². The summed E-state index contributed by atoms with van der Waals surface area (Å²) in [5.41, 5.74) is 6.38. The lowest BCUT2D eigenvalue weighted by atomic mass is 10.2. The fourth-order valence-corrected chi connectivity index (χ4v) is 1.26. The van der Waals surface area contributed by atoms with Crippen LogP contribution >= 0.6 is 0 Å². The SMILES string of the molecule is COCCc1nc(-c2cccnc2N)no1. The Morgan fingerprint density at radius 3 is 3.12 bits per heavy atom. The summed E-state index contributed by atoms with van der Waals surface area (Å²) in [5, 5.41) is 3.84. The van der Waals surface area contributed by atoms with Gasteiger partial charge in [0.2, 0.25) is 11.7 Å². The number of nitrogen functional groups attached to an aromatic ring is 1. The molecule has 0 saturated heterocycles. The van der Waals surface area contributed by atoms with Crippen molar-refractivity contribution in [2.45, 2.75) is 6.42 Å². The summed E-state index contributed by atoms with van der Waals surface area (Å²) in [6.07, 6.45) is 2.20. The van der Waals surface area contributed by atoms with E-state index in [2.05, 4.69) is 15.1 Å². The lowest BCUT2D eigenvalue weighted by Gasteiger charge is -1.96. The van der Waals surface area contributed by atoms with Gasteiger partial charge in [-0.3, -0.25) is 0 Å². The van der Waals surface area contributed by atoms with Gasteiger partial charge in [0, 0.05) is 13.3 Å². The van der Waals surface area contributed by atoms with Crippen molar-refractivity contribution in [2.75, 3.05) is 19.5 Å². The normalized spacial score (nSPS) is 10.6. The zero-order valence-electron chi connectivity index (χ0n) is 8.88. The van der Waals surface area contributed by atoms with Crippen LogP contribution in [0.2, 0.25) is 0 Å². The van der Waals surface area contributed by atoms with Crippen LogP contribution in [0, 0.1) is 0 Å². The third-order valence-electron chi connectivity index (χ3n) is 2.07. The first-order chi connectivity index (χ1) is 7.81. The molecule has 0 spiro atoms. The molecule has 2 N–H and O–H groups in total. The van der Waals surface area contributed by atoms with Crippen molar-refractivity contribution in [2.24, 2.45) is 0 Å². The fraction of sp³-hybridized carbons (Fsp3) is 0.300. The average Bonchev–Trinajstić information content (AvgIpc) is 2.75. The van der Waals surface area contributed by atoms with E-state index in [0.29, 0.717) is 36.1 Å². The molecule has 6 nitrogen and oxygen atoms in total. The van der Waals surface area contributed by atoms with Crippen molar-refractivity contribution >= 4 is 5.82 Å². The summed E-state index contributed by atoms with van der Waals surface area (Å²) in [6, 6.07) is 3.57. The Bertz CT molecular complexity index is 469. The summed E-state index contributed by atoms with van der Waals surface area (Å²) in [4.78, 5) is 8.16. The van der Waals surface area contributed by atoms with Gasteiger partial charge >= 0.3 is 0 Å². The first-order valence-corrected chi connectivity index (χ1v) is 4.83. The number of aromatic nitrogens is 3. The highest BCUT2D eigenvalue weighted by Gasteiger charge is 2.11. The summed E-state index contributed by atoms with van der Waals surface area (Å²) in [5.74, 6) is 1.37. The molecule has 84 valence electrons. The largest absolute Gasteiger partial charge is 0.384 e. The highest BCUT2D eigenvalue weighted by Crippen LogP contribution is 2.20. The molecule has 0 fully saturated rings. The molecule has 0 aliphatic heterocycles. The second-order valence-electron chi connectivity index (χ2n) is 3.19. The Morgan fingerprint density at radius 1 is 1.50 bits per heavy atom. The van der Waals surface area contributed by atoms with Crippen molar-refractivity contribution < 1.29 is 9.26 Å². The summed E-state index contributed by atoms with van der Waals surface area (Å²) in [7, 11) is 1.62. The number of nitrogens with two attached hydrogens (primary N) is 1. The number of rotatable bonds is 4. The first kappa shape index (κ1) is 10.6. The Morgan fingerprint density at radius 2 is 2.38 bits per heavy atom. The maximum atomic E-state index is 5.70. The van der Waals surface area contributed by atoms with E-state index >= 15 is 0 Å². The zero-order chi connectivity index (χ0) is 11.4. The Balaban J connectivity index is 2.22. The summed E-state index contributed by atoms with van der Waals surface area (Å²) >= 11 is 0. The predicted octanol–water partition coefficient (Wildman–Crippen LogP) is 0.903. The number of pyridine rings is 1. The molecule has 0 aliphatic rings. The minimum Gasteiger partial charge on any atom is -0.384 e. The lowest BCUT2D eigenvalue weighted by molar-refractivity contribution is 0.192. The van der Waals surface area contributed by atoms with Gasteiger partial charge in [0.25, 0.3) is 0 Å². The van der Waals surface area contributed by atoms with E-state index in [1.54, 1.807) is 25.4 Å². The summed E-state index contributed by atoms with van der Waals surface area (Å²) < 4.78 is 9.97. The molecule has 2 aromatic heterocycles. The van der Waals surface area contributed by atoms with E-state index < -0.39 is 0 Å². The molecule has 2 aromatic rings. The van der Waals surface area contributed by atoms with Gasteiger partial charge in [-0.1, -0.05) is 5.16 Å². The van der Waals surface area contributed by atoms with Crippen LogP contribution in [0.5, 0.6) is 0 Å². The molecule has 0 aromatic carbocycles. The molecule has 16 heavy (non-hydrogen) atoms. The Kier molecular flexibility index (Phi) is 3.11. The minimum atomic E-state index is 0.390. The molecule has 6 heteroatoms. The number of hydrogen-bond acceptors (Lipinski definition) is 6. The van der Waals surface area contributed by atoms with Crippen LogP contribution in [0.3, 0.4) is 0 Å². The van der Waals surface area contributed by atoms with Gasteiger partial charge in [-0.05, 0) is 12.1 Å². The third kappa shape index (κ3) is 2.17. The van der Waals surface area contributed by atoms with Crippen molar-refractivity contribution in [1.82, 2.24) is 15.1 Å². The van der Waals surface area contributed by atoms with Gasteiger partial charge in [0.05, 0.1) is 18.6 Å². The minimum absolute atomic E-state index is 0.390. The Labute approximate surface area is 92.4 Å². The van der Waals surface area contributed by atoms with Gasteiger partial charge in [-0.15, -0.1) is 0 Å². The molecule has 0 unspecified atom stereocenters. The topological polar surface area (TPSA) is 87.1 Å². The number of methoxy groups -OCH3 is 1. The number of hydrogen-bond donors (Lipinski definition) is 1. The monoisotopic (exact) mass is 220 g/mol. The van der Waals surface area contributed by atoms with E-state index in [9.17, 15) is 0 Å². The Hall–Kier alpha value is -1.95. The molecular formula is C10H12N4O2. The van der Waals surface area contributed by atoms with Crippen molar-refractivity contribution in [3.05, 3.63) is 24.2 Å². The van der Waals surface area contributed by atoms with Crippen molar-refractivity contribution in [1.29, 1.82) is 0 Å². The quantitative estimate of drug-likeness (QED) is 0.823.